The first kappa shape index (κ1) is 15.6. The summed E-state index contributed by atoms with van der Waals surface area (Å²) < 4.78 is 1.31. The largest absolute Gasteiger partial charge is 0.390 e. The molecular weight excluding hydrogens is 320 g/mol. The molecular formula is C18H18N4O3. The number of aryl methyl sites for hydroxylation is 1. The molecule has 0 radical (unpaired) electrons. The molecule has 3 aromatic rings. The smallest absolute Gasteiger partial charge is 0.276 e. The Morgan fingerprint density at radius 3 is 3.04 bits per heavy atom. The number of aromatic nitrogens is 3. The van der Waals surface area contributed by atoms with E-state index < -0.39 is 12.1 Å². The number of fused-ring (bicyclic) bond motifs is 2. The zero-order valence-electron chi connectivity index (χ0n) is 13.7. The van der Waals surface area contributed by atoms with Gasteiger partial charge in [-0.2, -0.15) is 0 Å². The van der Waals surface area contributed by atoms with E-state index in [4.69, 9.17) is 0 Å². The average molecular weight is 338 g/mol. The van der Waals surface area contributed by atoms with Gasteiger partial charge in [0.05, 0.1) is 18.6 Å². The summed E-state index contributed by atoms with van der Waals surface area (Å²) in [5.41, 5.74) is 3.08. The number of aliphatic hydroxyl groups excluding tert-OH is 1. The minimum absolute atomic E-state index is 0.0784. The van der Waals surface area contributed by atoms with Crippen LogP contribution in [0.25, 0.3) is 5.65 Å². The predicted molar refractivity (Wildman–Crippen MR) is 91.3 cm³/mol. The quantitative estimate of drug-likeness (QED) is 0.653. The van der Waals surface area contributed by atoms with Crippen molar-refractivity contribution in [2.75, 3.05) is 0 Å². The number of carbonyl (C=O) groups excluding carboxylic acids is 1. The lowest BCUT2D eigenvalue weighted by atomic mass is 10.1. The number of nitrogens with zero attached hydrogens (tertiary/aromatic N) is 2. The molecule has 0 saturated carbocycles. The minimum atomic E-state index is -0.660. The van der Waals surface area contributed by atoms with E-state index in [0.717, 1.165) is 11.1 Å². The summed E-state index contributed by atoms with van der Waals surface area (Å²) in [4.78, 5) is 29.3. The van der Waals surface area contributed by atoms with E-state index in [1.807, 2.05) is 24.3 Å². The third-order valence-electron chi connectivity index (χ3n) is 4.70. The van der Waals surface area contributed by atoms with E-state index in [1.54, 1.807) is 19.2 Å². The van der Waals surface area contributed by atoms with Crippen molar-refractivity contribution in [3.63, 3.8) is 0 Å². The number of nitrogens with one attached hydrogen (secondary N) is 2. The summed E-state index contributed by atoms with van der Waals surface area (Å²) in [6, 6.07) is 8.90. The van der Waals surface area contributed by atoms with E-state index in [9.17, 15) is 14.7 Å². The Morgan fingerprint density at radius 1 is 1.40 bits per heavy atom. The molecule has 0 spiro atoms. The van der Waals surface area contributed by atoms with Crippen LogP contribution >= 0.6 is 0 Å². The summed E-state index contributed by atoms with van der Waals surface area (Å²) >= 11 is 0. The lowest BCUT2D eigenvalue weighted by molar-refractivity contribution is -0.122. The number of aliphatic hydroxyl groups is 1. The van der Waals surface area contributed by atoms with Crippen molar-refractivity contribution in [2.24, 2.45) is 0 Å². The third-order valence-corrected chi connectivity index (χ3v) is 4.70. The summed E-state index contributed by atoms with van der Waals surface area (Å²) in [5, 5.41) is 15.9. The Balaban J connectivity index is 1.58. The highest BCUT2D eigenvalue weighted by molar-refractivity contribution is 5.79. The normalized spacial score (nSPS) is 19.1. The van der Waals surface area contributed by atoms with Gasteiger partial charge in [-0.15, -0.1) is 0 Å². The molecule has 2 atom stereocenters. The lowest BCUT2D eigenvalue weighted by Crippen LogP contribution is -2.36. The molecule has 7 nitrogen and oxygen atoms in total. The average Bonchev–Trinajstić information content (AvgIpc) is 3.16. The number of hydrogen-bond acceptors (Lipinski definition) is 4. The van der Waals surface area contributed by atoms with Gasteiger partial charge >= 0.3 is 0 Å². The van der Waals surface area contributed by atoms with Crippen LogP contribution in [0.1, 0.15) is 28.4 Å². The number of carbonyl (C=O) groups is 1. The van der Waals surface area contributed by atoms with Crippen molar-refractivity contribution in [3.8, 4) is 0 Å². The number of H-pyrrole nitrogens is 1. The van der Waals surface area contributed by atoms with Crippen molar-refractivity contribution < 1.29 is 9.90 Å². The van der Waals surface area contributed by atoms with Crippen LogP contribution in [0.4, 0.5) is 0 Å². The molecule has 7 heteroatoms. The fourth-order valence-corrected chi connectivity index (χ4v) is 3.44. The van der Waals surface area contributed by atoms with Crippen LogP contribution in [-0.2, 0) is 17.6 Å². The van der Waals surface area contributed by atoms with E-state index in [-0.39, 0.29) is 17.9 Å². The maximum absolute atomic E-state index is 12.5. The molecule has 0 aliphatic heterocycles. The molecule has 0 saturated heterocycles. The van der Waals surface area contributed by atoms with Crippen molar-refractivity contribution in [1.29, 1.82) is 0 Å². The van der Waals surface area contributed by atoms with E-state index in [0.29, 0.717) is 23.3 Å². The van der Waals surface area contributed by atoms with Gasteiger partial charge in [-0.05, 0) is 18.1 Å². The molecule has 4 rings (SSSR count). The van der Waals surface area contributed by atoms with Crippen LogP contribution in [-0.4, -0.2) is 31.7 Å². The lowest BCUT2D eigenvalue weighted by Gasteiger charge is -2.18. The molecule has 1 amide bonds. The van der Waals surface area contributed by atoms with Crippen LogP contribution in [0.3, 0.4) is 0 Å². The Hall–Kier alpha value is -2.93. The minimum Gasteiger partial charge on any atom is -0.390 e. The Bertz CT molecular complexity index is 1020. The number of benzene rings is 1. The zero-order chi connectivity index (χ0) is 17.6. The van der Waals surface area contributed by atoms with Gasteiger partial charge < -0.3 is 10.4 Å². The van der Waals surface area contributed by atoms with Crippen molar-refractivity contribution in [3.05, 3.63) is 69.3 Å². The molecule has 128 valence electrons. The number of hydrogen-bond donors (Lipinski definition) is 3. The summed E-state index contributed by atoms with van der Waals surface area (Å²) in [6.07, 6.45) is 1.40. The van der Waals surface area contributed by atoms with Gasteiger partial charge in [0.15, 0.2) is 5.65 Å². The summed E-state index contributed by atoms with van der Waals surface area (Å²) in [5.74, 6) is -0.311. The Morgan fingerprint density at radius 2 is 2.20 bits per heavy atom. The van der Waals surface area contributed by atoms with Gasteiger partial charge in [0.2, 0.25) is 5.91 Å². The van der Waals surface area contributed by atoms with Gasteiger partial charge in [0, 0.05) is 29.9 Å². The molecule has 1 aromatic carbocycles. The Kier molecular flexibility index (Phi) is 3.65. The van der Waals surface area contributed by atoms with Crippen LogP contribution in [0.2, 0.25) is 0 Å². The molecule has 0 fully saturated rings. The summed E-state index contributed by atoms with van der Waals surface area (Å²) in [7, 11) is 0. The molecule has 3 N–H and O–H groups in total. The van der Waals surface area contributed by atoms with Crippen LogP contribution in [0, 0.1) is 6.92 Å². The fourth-order valence-electron chi connectivity index (χ4n) is 3.44. The second-order valence-corrected chi connectivity index (χ2v) is 6.33. The second-order valence-electron chi connectivity index (χ2n) is 6.33. The van der Waals surface area contributed by atoms with Gasteiger partial charge in [-0.3, -0.25) is 14.7 Å². The van der Waals surface area contributed by atoms with Gasteiger partial charge in [0.1, 0.15) is 0 Å². The molecule has 2 heterocycles. The molecule has 1 aliphatic rings. The van der Waals surface area contributed by atoms with Crippen LogP contribution in [0.5, 0.6) is 0 Å². The standard InChI is InChI=1S/C18H18N4O3/c1-10-13(18(25)22-15(20-10)6-7-19-22)9-16(24)21-17-12-5-3-2-4-11(12)8-14(17)23/h2-7,14,17,19,23H,8-9H2,1H3,(H,21,24)/t14-,17+/m1/s1. The van der Waals surface area contributed by atoms with E-state index in [1.165, 1.54) is 4.52 Å². The van der Waals surface area contributed by atoms with E-state index >= 15 is 0 Å². The molecule has 0 bridgehead atoms. The van der Waals surface area contributed by atoms with Gasteiger partial charge in [-0.25, -0.2) is 9.50 Å². The Labute approximate surface area is 143 Å². The maximum atomic E-state index is 12.5. The van der Waals surface area contributed by atoms with Crippen LogP contribution in [0.15, 0.2) is 41.3 Å². The topological polar surface area (TPSA) is 99.5 Å². The summed E-state index contributed by atoms with van der Waals surface area (Å²) in [6.45, 7) is 1.72. The predicted octanol–water partition coefficient (Wildman–Crippen LogP) is 0.648. The maximum Gasteiger partial charge on any atom is 0.276 e. The second kappa shape index (κ2) is 5.86. The van der Waals surface area contributed by atoms with E-state index in [2.05, 4.69) is 15.4 Å². The first-order valence-corrected chi connectivity index (χ1v) is 8.15. The first-order valence-electron chi connectivity index (χ1n) is 8.15. The first-order chi connectivity index (χ1) is 12.0. The van der Waals surface area contributed by atoms with Gasteiger partial charge in [0.25, 0.3) is 5.56 Å². The van der Waals surface area contributed by atoms with Crippen molar-refractivity contribution >= 4 is 11.6 Å². The number of amides is 1. The number of aromatic amines is 1. The molecule has 0 unspecified atom stereocenters. The monoisotopic (exact) mass is 338 g/mol. The fraction of sp³-hybridized carbons (Fsp3) is 0.278. The SMILES string of the molecule is Cc1nc2cc[nH]n2c(=O)c1CC(=O)N[C@H]1c2ccccc2C[C@H]1O. The molecule has 1 aliphatic carbocycles. The van der Waals surface area contributed by atoms with Crippen LogP contribution < -0.4 is 10.9 Å². The third kappa shape index (κ3) is 2.62. The van der Waals surface area contributed by atoms with Crippen molar-refractivity contribution in [2.45, 2.75) is 31.9 Å². The number of rotatable bonds is 3. The highest BCUT2D eigenvalue weighted by atomic mass is 16.3. The highest BCUT2D eigenvalue weighted by Gasteiger charge is 2.32. The molecule has 2 aromatic heterocycles. The van der Waals surface area contributed by atoms with Gasteiger partial charge in [-0.1, -0.05) is 24.3 Å². The zero-order valence-corrected chi connectivity index (χ0v) is 13.7. The highest BCUT2D eigenvalue weighted by Crippen LogP contribution is 2.31. The molecule has 25 heavy (non-hydrogen) atoms. The van der Waals surface area contributed by atoms with Crippen molar-refractivity contribution in [1.82, 2.24) is 19.9 Å².